The molecular weight excluding hydrogens is 258 g/mol. The second-order valence-corrected chi connectivity index (χ2v) is 6.06. The molecule has 0 fully saturated rings. The SMILES string of the molecule is CCCCCCC(C)NC(C)c1ccc(OCCC)cc1. The van der Waals surface area contributed by atoms with Gasteiger partial charge >= 0.3 is 0 Å². The van der Waals surface area contributed by atoms with E-state index in [1.54, 1.807) is 0 Å². The molecule has 2 unspecified atom stereocenters. The van der Waals surface area contributed by atoms with Crippen molar-refractivity contribution in [3.63, 3.8) is 0 Å². The summed E-state index contributed by atoms with van der Waals surface area (Å²) in [6.07, 6.45) is 7.68. The highest BCUT2D eigenvalue weighted by Gasteiger charge is 2.09. The fourth-order valence-electron chi connectivity index (χ4n) is 2.56. The molecule has 0 aliphatic carbocycles. The number of nitrogens with one attached hydrogen (secondary N) is 1. The predicted octanol–water partition coefficient (Wildman–Crippen LogP) is 5.48. The summed E-state index contributed by atoms with van der Waals surface area (Å²) < 4.78 is 5.63. The normalized spacial score (nSPS) is 13.9. The van der Waals surface area contributed by atoms with E-state index < -0.39 is 0 Å². The maximum atomic E-state index is 5.63. The van der Waals surface area contributed by atoms with E-state index in [0.29, 0.717) is 12.1 Å². The molecule has 2 heteroatoms. The summed E-state index contributed by atoms with van der Waals surface area (Å²) in [5, 5.41) is 3.69. The van der Waals surface area contributed by atoms with Crippen molar-refractivity contribution in [3.8, 4) is 5.75 Å². The highest BCUT2D eigenvalue weighted by molar-refractivity contribution is 5.29. The van der Waals surface area contributed by atoms with Gasteiger partial charge in [-0.25, -0.2) is 0 Å². The largest absolute Gasteiger partial charge is 0.494 e. The standard InChI is InChI=1S/C19H33NO/c1-5-7-8-9-10-16(3)20-17(4)18-11-13-19(14-12-18)21-15-6-2/h11-14,16-17,20H,5-10,15H2,1-4H3. The van der Waals surface area contributed by atoms with E-state index in [1.807, 2.05) is 0 Å². The molecule has 120 valence electrons. The summed E-state index contributed by atoms with van der Waals surface area (Å²) in [5.74, 6) is 0.973. The third kappa shape index (κ3) is 7.52. The summed E-state index contributed by atoms with van der Waals surface area (Å²) in [4.78, 5) is 0. The zero-order valence-electron chi connectivity index (χ0n) is 14.3. The van der Waals surface area contributed by atoms with Crippen LogP contribution in [0.4, 0.5) is 0 Å². The number of benzene rings is 1. The van der Waals surface area contributed by atoms with Crippen LogP contribution in [0, 0.1) is 0 Å². The molecule has 2 nitrogen and oxygen atoms in total. The Kier molecular flexibility index (Phi) is 9.16. The van der Waals surface area contributed by atoms with Gasteiger partial charge in [-0.05, 0) is 44.4 Å². The monoisotopic (exact) mass is 291 g/mol. The van der Waals surface area contributed by atoms with Crippen LogP contribution in [0.25, 0.3) is 0 Å². The molecule has 0 amide bonds. The molecular formula is C19H33NO. The molecule has 0 saturated carbocycles. The minimum Gasteiger partial charge on any atom is -0.494 e. The molecule has 1 rings (SSSR count). The zero-order valence-corrected chi connectivity index (χ0v) is 14.3. The lowest BCUT2D eigenvalue weighted by molar-refractivity contribution is 0.317. The molecule has 21 heavy (non-hydrogen) atoms. The smallest absolute Gasteiger partial charge is 0.119 e. The summed E-state index contributed by atoms with van der Waals surface area (Å²) in [5.41, 5.74) is 1.33. The Bertz CT molecular complexity index is 360. The van der Waals surface area contributed by atoms with Crippen molar-refractivity contribution in [3.05, 3.63) is 29.8 Å². The Labute approximate surface area is 131 Å². The molecule has 0 spiro atoms. The number of hydrogen-bond donors (Lipinski definition) is 1. The first kappa shape index (κ1) is 18.0. The van der Waals surface area contributed by atoms with E-state index in [2.05, 4.69) is 57.3 Å². The maximum absolute atomic E-state index is 5.63. The van der Waals surface area contributed by atoms with Crippen molar-refractivity contribution in [2.45, 2.75) is 78.3 Å². The van der Waals surface area contributed by atoms with E-state index in [1.165, 1.54) is 37.7 Å². The fraction of sp³-hybridized carbons (Fsp3) is 0.684. The van der Waals surface area contributed by atoms with Gasteiger partial charge < -0.3 is 10.1 Å². The van der Waals surface area contributed by atoms with Crippen LogP contribution < -0.4 is 10.1 Å². The molecule has 0 aliphatic rings. The topological polar surface area (TPSA) is 21.3 Å². The van der Waals surface area contributed by atoms with Crippen LogP contribution >= 0.6 is 0 Å². The van der Waals surface area contributed by atoms with E-state index in [9.17, 15) is 0 Å². The third-order valence-corrected chi connectivity index (χ3v) is 3.88. The van der Waals surface area contributed by atoms with Gasteiger partial charge in [-0.3, -0.25) is 0 Å². The molecule has 0 aromatic heterocycles. The molecule has 1 aromatic carbocycles. The van der Waals surface area contributed by atoms with Crippen LogP contribution in [0.2, 0.25) is 0 Å². The summed E-state index contributed by atoms with van der Waals surface area (Å²) >= 11 is 0. The van der Waals surface area contributed by atoms with Gasteiger partial charge in [0, 0.05) is 12.1 Å². The van der Waals surface area contributed by atoms with Crippen molar-refractivity contribution < 1.29 is 4.74 Å². The lowest BCUT2D eigenvalue weighted by Crippen LogP contribution is -2.28. The quantitative estimate of drug-likeness (QED) is 0.545. The molecule has 0 heterocycles. The molecule has 0 radical (unpaired) electrons. The van der Waals surface area contributed by atoms with Gasteiger partial charge in [-0.15, -0.1) is 0 Å². The van der Waals surface area contributed by atoms with Crippen LogP contribution in [-0.4, -0.2) is 12.6 Å². The van der Waals surface area contributed by atoms with E-state index in [0.717, 1.165) is 18.8 Å². The first-order valence-corrected chi connectivity index (χ1v) is 8.66. The van der Waals surface area contributed by atoms with Crippen LogP contribution in [0.3, 0.4) is 0 Å². The Morgan fingerprint density at radius 1 is 0.952 bits per heavy atom. The van der Waals surface area contributed by atoms with E-state index in [4.69, 9.17) is 4.74 Å². The molecule has 0 bridgehead atoms. The van der Waals surface area contributed by atoms with Gasteiger partial charge in [0.1, 0.15) is 5.75 Å². The van der Waals surface area contributed by atoms with E-state index >= 15 is 0 Å². The van der Waals surface area contributed by atoms with Crippen molar-refractivity contribution >= 4 is 0 Å². The Balaban J connectivity index is 2.34. The fourth-order valence-corrected chi connectivity index (χ4v) is 2.56. The Morgan fingerprint density at radius 3 is 2.29 bits per heavy atom. The number of hydrogen-bond acceptors (Lipinski definition) is 2. The van der Waals surface area contributed by atoms with Crippen LogP contribution in [0.5, 0.6) is 5.75 Å². The lowest BCUT2D eigenvalue weighted by atomic mass is 10.0. The van der Waals surface area contributed by atoms with Crippen molar-refractivity contribution in [1.82, 2.24) is 5.32 Å². The van der Waals surface area contributed by atoms with Gasteiger partial charge in [-0.2, -0.15) is 0 Å². The Hall–Kier alpha value is -1.02. The second kappa shape index (κ2) is 10.7. The van der Waals surface area contributed by atoms with Gasteiger partial charge in [0.05, 0.1) is 6.61 Å². The van der Waals surface area contributed by atoms with Crippen molar-refractivity contribution in [1.29, 1.82) is 0 Å². The highest BCUT2D eigenvalue weighted by Crippen LogP contribution is 2.19. The summed E-state index contributed by atoms with van der Waals surface area (Å²) in [7, 11) is 0. The predicted molar refractivity (Wildman–Crippen MR) is 92.0 cm³/mol. The van der Waals surface area contributed by atoms with Gasteiger partial charge in [0.2, 0.25) is 0 Å². The first-order chi connectivity index (χ1) is 10.2. The molecule has 1 aromatic rings. The number of rotatable bonds is 11. The minimum absolute atomic E-state index is 0.395. The van der Waals surface area contributed by atoms with Gasteiger partial charge in [-0.1, -0.05) is 51.7 Å². The van der Waals surface area contributed by atoms with Crippen LogP contribution in [-0.2, 0) is 0 Å². The van der Waals surface area contributed by atoms with E-state index in [-0.39, 0.29) is 0 Å². The Morgan fingerprint density at radius 2 is 1.67 bits per heavy atom. The molecule has 0 aliphatic heterocycles. The van der Waals surface area contributed by atoms with Crippen LogP contribution in [0.15, 0.2) is 24.3 Å². The van der Waals surface area contributed by atoms with Crippen LogP contribution in [0.1, 0.15) is 77.8 Å². The van der Waals surface area contributed by atoms with Gasteiger partial charge in [0.25, 0.3) is 0 Å². The van der Waals surface area contributed by atoms with Gasteiger partial charge in [0.15, 0.2) is 0 Å². The van der Waals surface area contributed by atoms with Crippen molar-refractivity contribution in [2.75, 3.05) is 6.61 Å². The van der Waals surface area contributed by atoms with Crippen molar-refractivity contribution in [2.24, 2.45) is 0 Å². The highest BCUT2D eigenvalue weighted by atomic mass is 16.5. The average molecular weight is 291 g/mol. The average Bonchev–Trinajstić information content (AvgIpc) is 2.50. The summed E-state index contributed by atoms with van der Waals surface area (Å²) in [6, 6.07) is 9.47. The third-order valence-electron chi connectivity index (χ3n) is 3.88. The number of unbranched alkanes of at least 4 members (excludes halogenated alkanes) is 3. The molecule has 2 atom stereocenters. The minimum atomic E-state index is 0.395. The molecule has 0 saturated heterocycles. The summed E-state index contributed by atoms with van der Waals surface area (Å²) in [6.45, 7) is 9.72. The number of ether oxygens (including phenoxy) is 1. The second-order valence-electron chi connectivity index (χ2n) is 6.06. The first-order valence-electron chi connectivity index (χ1n) is 8.66. The maximum Gasteiger partial charge on any atom is 0.119 e. The lowest BCUT2D eigenvalue weighted by Gasteiger charge is -2.20. The zero-order chi connectivity index (χ0) is 15.5. The molecule has 1 N–H and O–H groups in total.